The summed E-state index contributed by atoms with van der Waals surface area (Å²) in [7, 11) is 0. The fourth-order valence-electron chi connectivity index (χ4n) is 3.54. The maximum absolute atomic E-state index is 13.4. The summed E-state index contributed by atoms with van der Waals surface area (Å²) in [6.45, 7) is 1.72. The Hall–Kier alpha value is -4.56. The molecule has 0 spiro atoms. The van der Waals surface area contributed by atoms with Crippen LogP contribution in [0.15, 0.2) is 35.3 Å². The zero-order chi connectivity index (χ0) is 28.6. The fraction of sp³-hybridized carbons (Fsp3) is 0.375. The van der Waals surface area contributed by atoms with Crippen LogP contribution in [0.4, 0.5) is 24.8 Å². The van der Waals surface area contributed by atoms with Gasteiger partial charge < -0.3 is 15.8 Å². The molecule has 0 aliphatic carbocycles. The summed E-state index contributed by atoms with van der Waals surface area (Å²) in [5.74, 6) is -3.11. The molecule has 0 bridgehead atoms. The molecular formula is C24H26F3N7O5. The number of nitrogens with two attached hydrogens (primary N) is 1. The molecule has 2 amide bonds. The summed E-state index contributed by atoms with van der Waals surface area (Å²) in [5.41, 5.74) is 4.25. The molecular weight excluding hydrogens is 523 g/mol. The number of unbranched alkanes of at least 4 members (excludes halogenated alkanes) is 2. The third-order valence-electron chi connectivity index (χ3n) is 5.38. The van der Waals surface area contributed by atoms with E-state index in [1.807, 2.05) is 0 Å². The third-order valence-corrected chi connectivity index (χ3v) is 5.38. The van der Waals surface area contributed by atoms with Gasteiger partial charge >= 0.3 is 18.1 Å². The first-order chi connectivity index (χ1) is 18.5. The summed E-state index contributed by atoms with van der Waals surface area (Å²) in [6.07, 6.45) is -1.90. The number of carbonyl (C=O) groups excluding carboxylic acids is 3. The molecule has 3 aromatic rings. The van der Waals surface area contributed by atoms with Crippen LogP contribution in [0.1, 0.15) is 48.7 Å². The number of rotatable bonds is 11. The van der Waals surface area contributed by atoms with Gasteiger partial charge in [0, 0.05) is 24.2 Å². The van der Waals surface area contributed by atoms with Crippen LogP contribution >= 0.6 is 0 Å². The van der Waals surface area contributed by atoms with Crippen molar-refractivity contribution in [2.45, 2.75) is 45.3 Å². The van der Waals surface area contributed by atoms with Crippen LogP contribution in [0.25, 0.3) is 11.2 Å². The number of amides is 2. The van der Waals surface area contributed by atoms with E-state index < -0.39 is 30.1 Å². The van der Waals surface area contributed by atoms with Gasteiger partial charge in [-0.2, -0.15) is 18.2 Å². The van der Waals surface area contributed by atoms with Gasteiger partial charge in [-0.25, -0.2) is 9.97 Å². The number of esters is 1. The van der Waals surface area contributed by atoms with Crippen molar-refractivity contribution in [1.82, 2.24) is 25.3 Å². The molecule has 2 aromatic heterocycles. The molecule has 0 saturated heterocycles. The Morgan fingerprint density at radius 3 is 2.49 bits per heavy atom. The predicted molar refractivity (Wildman–Crippen MR) is 133 cm³/mol. The number of hydrogen-bond acceptors (Lipinski definition) is 9. The second-order valence-electron chi connectivity index (χ2n) is 8.29. The number of alkyl halides is 3. The monoisotopic (exact) mass is 549 g/mol. The van der Waals surface area contributed by atoms with Crippen LogP contribution < -0.4 is 21.5 Å². The van der Waals surface area contributed by atoms with E-state index in [0.717, 1.165) is 6.20 Å². The Kier molecular flexibility index (Phi) is 9.52. The number of fused-ring (bicyclic) bond motifs is 1. The standard InChI is InChI=1S/C24H26F3N7O5/c1-2-39-17(35)6-4-3-5-11-29-20(36)14-7-9-16(10-8-14)34(22(38)24(25,26)27)13-15-12-30-19-18(31-15)21(37)33-23(28)32-19/h7-10,12H,2-6,11,13H2,1H3,(H,29,36)(H3,28,30,32,33,37). The van der Waals surface area contributed by atoms with Crippen LogP contribution in [-0.2, 0) is 20.9 Å². The van der Waals surface area contributed by atoms with E-state index in [1.165, 1.54) is 24.3 Å². The summed E-state index contributed by atoms with van der Waals surface area (Å²) in [6, 6.07) is 4.96. The van der Waals surface area contributed by atoms with Gasteiger partial charge in [0.05, 0.1) is 25.0 Å². The first-order valence-corrected chi connectivity index (χ1v) is 11.9. The van der Waals surface area contributed by atoms with Crippen molar-refractivity contribution in [3.63, 3.8) is 0 Å². The molecule has 15 heteroatoms. The van der Waals surface area contributed by atoms with E-state index in [2.05, 4.69) is 25.3 Å². The van der Waals surface area contributed by atoms with Gasteiger partial charge in [-0.1, -0.05) is 6.42 Å². The maximum atomic E-state index is 13.4. The average Bonchev–Trinajstić information content (AvgIpc) is 2.88. The number of aromatic amines is 1. The number of benzene rings is 1. The molecule has 12 nitrogen and oxygen atoms in total. The van der Waals surface area contributed by atoms with Crippen LogP contribution in [-0.4, -0.2) is 57.0 Å². The Balaban J connectivity index is 1.68. The highest BCUT2D eigenvalue weighted by Crippen LogP contribution is 2.26. The van der Waals surface area contributed by atoms with E-state index in [-0.39, 0.29) is 40.0 Å². The number of ether oxygens (including phenoxy) is 1. The van der Waals surface area contributed by atoms with Crippen LogP contribution in [0.2, 0.25) is 0 Å². The second-order valence-corrected chi connectivity index (χ2v) is 8.29. The molecule has 0 aliphatic heterocycles. The van der Waals surface area contributed by atoms with E-state index >= 15 is 0 Å². The molecule has 0 radical (unpaired) electrons. The van der Waals surface area contributed by atoms with Crippen molar-refractivity contribution < 1.29 is 32.3 Å². The normalized spacial score (nSPS) is 11.3. The number of nitrogens with one attached hydrogen (secondary N) is 2. The van der Waals surface area contributed by atoms with Crippen molar-refractivity contribution in [3.8, 4) is 0 Å². The number of anilines is 2. The average molecular weight is 550 g/mol. The zero-order valence-electron chi connectivity index (χ0n) is 20.9. The van der Waals surface area contributed by atoms with Crippen molar-refractivity contribution in [3.05, 3.63) is 52.1 Å². The van der Waals surface area contributed by atoms with Gasteiger partial charge in [0.25, 0.3) is 11.5 Å². The topological polar surface area (TPSA) is 173 Å². The van der Waals surface area contributed by atoms with Crippen LogP contribution in [0, 0.1) is 0 Å². The number of aromatic nitrogens is 4. The quantitative estimate of drug-likeness (QED) is 0.239. The predicted octanol–water partition coefficient (Wildman–Crippen LogP) is 2.24. The second kappa shape index (κ2) is 12.8. The Labute approximate surface area is 219 Å². The lowest BCUT2D eigenvalue weighted by molar-refractivity contribution is -0.170. The van der Waals surface area contributed by atoms with Gasteiger partial charge in [-0.3, -0.25) is 29.1 Å². The van der Waals surface area contributed by atoms with Gasteiger partial charge in [-0.15, -0.1) is 0 Å². The lowest BCUT2D eigenvalue weighted by Gasteiger charge is -2.23. The molecule has 0 saturated carbocycles. The first-order valence-electron chi connectivity index (χ1n) is 11.9. The number of nitrogen functional groups attached to an aromatic ring is 1. The van der Waals surface area contributed by atoms with Crippen molar-refractivity contribution >= 4 is 40.6 Å². The summed E-state index contributed by atoms with van der Waals surface area (Å²) >= 11 is 0. The minimum Gasteiger partial charge on any atom is -0.466 e. The molecule has 1 aromatic carbocycles. The van der Waals surface area contributed by atoms with Gasteiger partial charge in [0.2, 0.25) is 5.95 Å². The van der Waals surface area contributed by atoms with E-state index in [1.54, 1.807) is 6.92 Å². The summed E-state index contributed by atoms with van der Waals surface area (Å²) < 4.78 is 45.0. The van der Waals surface area contributed by atoms with Crippen molar-refractivity contribution in [2.75, 3.05) is 23.8 Å². The smallest absolute Gasteiger partial charge is 0.466 e. The maximum Gasteiger partial charge on any atom is 0.471 e. The number of carbonyl (C=O) groups is 3. The van der Waals surface area contributed by atoms with E-state index in [4.69, 9.17) is 10.5 Å². The lowest BCUT2D eigenvalue weighted by Crippen LogP contribution is -2.41. The molecule has 2 heterocycles. The highest BCUT2D eigenvalue weighted by atomic mass is 19.4. The molecule has 208 valence electrons. The Morgan fingerprint density at radius 2 is 1.82 bits per heavy atom. The number of H-pyrrole nitrogens is 1. The van der Waals surface area contributed by atoms with Gasteiger partial charge in [0.1, 0.15) is 0 Å². The Morgan fingerprint density at radius 1 is 1.10 bits per heavy atom. The highest BCUT2D eigenvalue weighted by Gasteiger charge is 2.43. The molecule has 0 unspecified atom stereocenters. The van der Waals surface area contributed by atoms with Gasteiger partial charge in [-0.05, 0) is 44.0 Å². The molecule has 0 fully saturated rings. The van der Waals surface area contributed by atoms with Crippen LogP contribution in [0.3, 0.4) is 0 Å². The molecule has 39 heavy (non-hydrogen) atoms. The van der Waals surface area contributed by atoms with Gasteiger partial charge in [0.15, 0.2) is 11.2 Å². The van der Waals surface area contributed by atoms with Crippen molar-refractivity contribution in [2.24, 2.45) is 0 Å². The SMILES string of the molecule is CCOC(=O)CCCCCNC(=O)c1ccc(N(Cc2cnc3nc(N)[nH]c(=O)c3n2)C(=O)C(F)(F)F)cc1. The van der Waals surface area contributed by atoms with Crippen LogP contribution in [0.5, 0.6) is 0 Å². The molecule has 0 aliphatic rings. The lowest BCUT2D eigenvalue weighted by atomic mass is 10.1. The molecule has 3 rings (SSSR count). The molecule has 4 N–H and O–H groups in total. The number of nitrogens with zero attached hydrogens (tertiary/aromatic N) is 4. The highest BCUT2D eigenvalue weighted by molar-refractivity contribution is 5.98. The first kappa shape index (κ1) is 29.0. The minimum absolute atomic E-state index is 0.108. The summed E-state index contributed by atoms with van der Waals surface area (Å²) in [4.78, 5) is 62.3. The zero-order valence-corrected chi connectivity index (χ0v) is 20.9. The van der Waals surface area contributed by atoms with E-state index in [0.29, 0.717) is 43.7 Å². The fourth-order valence-corrected chi connectivity index (χ4v) is 3.54. The minimum atomic E-state index is -5.21. The Bertz CT molecular complexity index is 1390. The molecule has 0 atom stereocenters. The number of hydrogen-bond donors (Lipinski definition) is 3. The van der Waals surface area contributed by atoms with Crippen molar-refractivity contribution in [1.29, 1.82) is 0 Å². The summed E-state index contributed by atoms with van der Waals surface area (Å²) in [5, 5.41) is 2.69. The van der Waals surface area contributed by atoms with E-state index in [9.17, 15) is 32.3 Å². The largest absolute Gasteiger partial charge is 0.471 e. The third kappa shape index (κ3) is 7.96. The number of halogens is 3.